The molecule has 1 atom stereocenters. The van der Waals surface area contributed by atoms with Gasteiger partial charge in [-0.25, -0.2) is 0 Å². The number of amides is 1. The number of hydrogen-bond acceptors (Lipinski definition) is 2. The van der Waals surface area contributed by atoms with Gasteiger partial charge in [-0.3, -0.25) is 4.79 Å². The summed E-state index contributed by atoms with van der Waals surface area (Å²) < 4.78 is 0. The highest BCUT2D eigenvalue weighted by molar-refractivity contribution is 5.79. The van der Waals surface area contributed by atoms with Gasteiger partial charge in [0.1, 0.15) is 0 Å². The van der Waals surface area contributed by atoms with Crippen molar-refractivity contribution in [2.75, 3.05) is 13.1 Å². The summed E-state index contributed by atoms with van der Waals surface area (Å²) in [5.74, 6) is 0.780. The molecule has 1 rings (SSSR count). The predicted molar refractivity (Wildman–Crippen MR) is 44.3 cm³/mol. The van der Waals surface area contributed by atoms with Crippen LogP contribution in [-0.4, -0.2) is 25.0 Å². The van der Waals surface area contributed by atoms with E-state index < -0.39 is 0 Å². The SMILES string of the molecule is CC(C)CC1CNCC(=O)N1. The predicted octanol–water partition coefficient (Wildman–Crippen LogP) is 0.120. The number of nitrogens with one attached hydrogen (secondary N) is 2. The van der Waals surface area contributed by atoms with Crippen LogP contribution in [0.3, 0.4) is 0 Å². The van der Waals surface area contributed by atoms with Crippen LogP contribution in [0.2, 0.25) is 0 Å². The van der Waals surface area contributed by atoms with Crippen molar-refractivity contribution in [3.05, 3.63) is 0 Å². The standard InChI is InChI=1S/C8H16N2O/c1-6(2)3-7-4-9-5-8(11)10-7/h6-7,9H,3-5H2,1-2H3,(H,10,11). The van der Waals surface area contributed by atoms with E-state index in [1.807, 2.05) is 0 Å². The topological polar surface area (TPSA) is 41.1 Å². The second kappa shape index (κ2) is 3.72. The van der Waals surface area contributed by atoms with E-state index in [1.54, 1.807) is 0 Å². The van der Waals surface area contributed by atoms with Gasteiger partial charge in [-0.15, -0.1) is 0 Å². The Labute approximate surface area is 67.5 Å². The summed E-state index contributed by atoms with van der Waals surface area (Å²) in [6.45, 7) is 5.74. The summed E-state index contributed by atoms with van der Waals surface area (Å²) in [6, 6.07) is 0.344. The zero-order valence-corrected chi connectivity index (χ0v) is 7.18. The van der Waals surface area contributed by atoms with Gasteiger partial charge in [0.15, 0.2) is 0 Å². The molecule has 1 aliphatic rings. The highest BCUT2D eigenvalue weighted by Gasteiger charge is 2.17. The lowest BCUT2D eigenvalue weighted by molar-refractivity contribution is -0.122. The van der Waals surface area contributed by atoms with Gasteiger partial charge in [0.2, 0.25) is 5.91 Å². The van der Waals surface area contributed by atoms with Gasteiger partial charge in [-0.05, 0) is 12.3 Å². The molecule has 0 aromatic rings. The first kappa shape index (κ1) is 8.53. The largest absolute Gasteiger partial charge is 0.351 e. The van der Waals surface area contributed by atoms with Gasteiger partial charge in [0, 0.05) is 12.6 Å². The van der Waals surface area contributed by atoms with Crippen molar-refractivity contribution in [1.29, 1.82) is 0 Å². The van der Waals surface area contributed by atoms with E-state index in [1.165, 1.54) is 0 Å². The van der Waals surface area contributed by atoms with E-state index in [4.69, 9.17) is 0 Å². The number of carbonyl (C=O) groups is 1. The third kappa shape index (κ3) is 2.89. The Kier molecular flexibility index (Phi) is 2.88. The Morgan fingerprint density at radius 3 is 2.91 bits per heavy atom. The first-order valence-electron chi connectivity index (χ1n) is 4.18. The van der Waals surface area contributed by atoms with Gasteiger partial charge in [-0.1, -0.05) is 13.8 Å². The third-order valence-corrected chi connectivity index (χ3v) is 1.80. The molecule has 3 heteroatoms. The average molecular weight is 156 g/mol. The van der Waals surface area contributed by atoms with Crippen LogP contribution in [0.25, 0.3) is 0 Å². The van der Waals surface area contributed by atoms with Crippen LogP contribution < -0.4 is 10.6 Å². The van der Waals surface area contributed by atoms with Crippen LogP contribution in [0, 0.1) is 5.92 Å². The zero-order valence-electron chi connectivity index (χ0n) is 7.18. The quantitative estimate of drug-likeness (QED) is 0.596. The van der Waals surface area contributed by atoms with Crippen LogP contribution in [0.5, 0.6) is 0 Å². The molecule has 1 fully saturated rings. The van der Waals surface area contributed by atoms with E-state index in [0.29, 0.717) is 18.5 Å². The second-order valence-corrected chi connectivity index (χ2v) is 3.52. The van der Waals surface area contributed by atoms with Gasteiger partial charge < -0.3 is 10.6 Å². The lowest BCUT2D eigenvalue weighted by atomic mass is 10.0. The van der Waals surface area contributed by atoms with Crippen LogP contribution >= 0.6 is 0 Å². The smallest absolute Gasteiger partial charge is 0.234 e. The number of rotatable bonds is 2. The van der Waals surface area contributed by atoms with Crippen LogP contribution in [0.4, 0.5) is 0 Å². The Bertz CT molecular complexity index is 145. The summed E-state index contributed by atoms with van der Waals surface area (Å²) in [4.78, 5) is 10.9. The Morgan fingerprint density at radius 2 is 2.36 bits per heavy atom. The highest BCUT2D eigenvalue weighted by Crippen LogP contribution is 2.04. The van der Waals surface area contributed by atoms with Crippen molar-refractivity contribution >= 4 is 5.91 Å². The number of hydrogen-bond donors (Lipinski definition) is 2. The molecule has 1 amide bonds. The number of carbonyl (C=O) groups excluding carboxylic acids is 1. The molecule has 64 valence electrons. The molecule has 0 aromatic heterocycles. The van der Waals surface area contributed by atoms with Crippen molar-refractivity contribution in [3.8, 4) is 0 Å². The molecule has 1 unspecified atom stereocenters. The van der Waals surface area contributed by atoms with Gasteiger partial charge in [0.05, 0.1) is 6.54 Å². The van der Waals surface area contributed by atoms with Crippen molar-refractivity contribution in [3.63, 3.8) is 0 Å². The van der Waals surface area contributed by atoms with E-state index in [0.717, 1.165) is 13.0 Å². The second-order valence-electron chi connectivity index (χ2n) is 3.52. The monoisotopic (exact) mass is 156 g/mol. The molecule has 0 spiro atoms. The van der Waals surface area contributed by atoms with Gasteiger partial charge in [-0.2, -0.15) is 0 Å². The summed E-state index contributed by atoms with van der Waals surface area (Å²) in [5, 5.41) is 6.02. The molecule has 1 aliphatic heterocycles. The lowest BCUT2D eigenvalue weighted by Crippen LogP contribution is -2.52. The molecule has 0 saturated carbocycles. The Hall–Kier alpha value is -0.570. The minimum absolute atomic E-state index is 0.127. The van der Waals surface area contributed by atoms with E-state index in [2.05, 4.69) is 24.5 Å². The fourth-order valence-electron chi connectivity index (χ4n) is 1.40. The molecule has 0 bridgehead atoms. The highest BCUT2D eigenvalue weighted by atomic mass is 16.2. The molecule has 3 nitrogen and oxygen atoms in total. The Balaban J connectivity index is 2.28. The Morgan fingerprint density at radius 1 is 1.64 bits per heavy atom. The maximum atomic E-state index is 10.9. The summed E-state index contributed by atoms with van der Waals surface area (Å²) in [7, 11) is 0. The van der Waals surface area contributed by atoms with Gasteiger partial charge in [0.25, 0.3) is 0 Å². The maximum Gasteiger partial charge on any atom is 0.234 e. The maximum absolute atomic E-state index is 10.9. The van der Waals surface area contributed by atoms with Crippen molar-refractivity contribution in [2.24, 2.45) is 5.92 Å². The minimum Gasteiger partial charge on any atom is -0.351 e. The summed E-state index contributed by atoms with van der Waals surface area (Å²) in [6.07, 6.45) is 1.07. The fourth-order valence-corrected chi connectivity index (χ4v) is 1.40. The molecule has 2 N–H and O–H groups in total. The number of piperazine rings is 1. The first-order chi connectivity index (χ1) is 5.18. The average Bonchev–Trinajstić information content (AvgIpc) is 1.85. The third-order valence-electron chi connectivity index (χ3n) is 1.80. The van der Waals surface area contributed by atoms with Gasteiger partial charge >= 0.3 is 0 Å². The molecule has 1 heterocycles. The zero-order chi connectivity index (χ0) is 8.27. The molecule has 0 aromatic carbocycles. The summed E-state index contributed by atoms with van der Waals surface area (Å²) >= 11 is 0. The van der Waals surface area contributed by atoms with Crippen LogP contribution in [0.15, 0.2) is 0 Å². The fraction of sp³-hybridized carbons (Fsp3) is 0.875. The molecule has 0 radical (unpaired) electrons. The summed E-state index contributed by atoms with van der Waals surface area (Å²) in [5.41, 5.74) is 0. The molecule has 0 aliphatic carbocycles. The van der Waals surface area contributed by atoms with E-state index in [9.17, 15) is 4.79 Å². The molecule has 11 heavy (non-hydrogen) atoms. The first-order valence-corrected chi connectivity index (χ1v) is 4.18. The van der Waals surface area contributed by atoms with Crippen LogP contribution in [0.1, 0.15) is 20.3 Å². The van der Waals surface area contributed by atoms with E-state index in [-0.39, 0.29) is 5.91 Å². The molecular weight excluding hydrogens is 140 g/mol. The normalized spacial score (nSPS) is 25.4. The van der Waals surface area contributed by atoms with Crippen molar-refractivity contribution < 1.29 is 4.79 Å². The molecular formula is C8H16N2O. The van der Waals surface area contributed by atoms with Crippen LogP contribution in [-0.2, 0) is 4.79 Å². The lowest BCUT2D eigenvalue weighted by Gasteiger charge is -2.25. The van der Waals surface area contributed by atoms with Crippen molar-refractivity contribution in [1.82, 2.24) is 10.6 Å². The van der Waals surface area contributed by atoms with E-state index >= 15 is 0 Å². The molecule has 1 saturated heterocycles. The minimum atomic E-state index is 0.127. The van der Waals surface area contributed by atoms with Crippen molar-refractivity contribution in [2.45, 2.75) is 26.3 Å².